The number of nitrogens with zero attached hydrogens (tertiary/aromatic N) is 1. The van der Waals surface area contributed by atoms with Crippen molar-refractivity contribution in [1.82, 2.24) is 0 Å². The van der Waals surface area contributed by atoms with Crippen LogP contribution in [0.1, 0.15) is 5.56 Å². The summed E-state index contributed by atoms with van der Waals surface area (Å²) in [5.41, 5.74) is 0.501. The summed E-state index contributed by atoms with van der Waals surface area (Å²) in [5.74, 6) is 1.08. The fourth-order valence-electron chi connectivity index (χ4n) is 1.73. The van der Waals surface area contributed by atoms with Crippen molar-refractivity contribution in [2.75, 3.05) is 7.11 Å². The van der Waals surface area contributed by atoms with Crippen LogP contribution in [0.15, 0.2) is 40.9 Å². The maximum atomic E-state index is 10.8. The zero-order valence-electron chi connectivity index (χ0n) is 11.0. The van der Waals surface area contributed by atoms with Gasteiger partial charge in [-0.05, 0) is 34.1 Å². The molecule has 0 unspecified atom stereocenters. The summed E-state index contributed by atoms with van der Waals surface area (Å²) in [6, 6.07) is 9.62. The van der Waals surface area contributed by atoms with Crippen molar-refractivity contribution in [3.8, 4) is 11.5 Å². The quantitative estimate of drug-likeness (QED) is 0.568. The van der Waals surface area contributed by atoms with E-state index in [2.05, 4.69) is 15.9 Å². The fourth-order valence-corrected chi connectivity index (χ4v) is 2.36. The van der Waals surface area contributed by atoms with Gasteiger partial charge < -0.3 is 9.47 Å². The highest BCUT2D eigenvalue weighted by molar-refractivity contribution is 9.10. The lowest BCUT2D eigenvalue weighted by molar-refractivity contribution is -0.384. The van der Waals surface area contributed by atoms with Crippen LogP contribution in [0.3, 0.4) is 0 Å². The molecule has 0 saturated heterocycles. The molecule has 2 aromatic rings. The van der Waals surface area contributed by atoms with Crippen molar-refractivity contribution >= 4 is 33.2 Å². The van der Waals surface area contributed by atoms with E-state index < -0.39 is 4.92 Å². The van der Waals surface area contributed by atoms with E-state index in [0.29, 0.717) is 22.1 Å². The number of nitro benzene ring substituents is 1. The van der Waals surface area contributed by atoms with Gasteiger partial charge in [-0.2, -0.15) is 0 Å². The Bertz CT molecular complexity index is 678. The summed E-state index contributed by atoms with van der Waals surface area (Å²) >= 11 is 9.41. The first-order valence-corrected chi connectivity index (χ1v) is 7.08. The average molecular weight is 373 g/mol. The van der Waals surface area contributed by atoms with E-state index in [0.717, 1.165) is 4.47 Å². The molecule has 0 amide bonds. The molecular formula is C14H11BrClNO4. The Hall–Kier alpha value is -1.79. The minimum atomic E-state index is -0.473. The molecule has 0 N–H and O–H groups in total. The van der Waals surface area contributed by atoms with Gasteiger partial charge in [0, 0.05) is 22.7 Å². The summed E-state index contributed by atoms with van der Waals surface area (Å²) in [7, 11) is 1.54. The third kappa shape index (κ3) is 3.65. The van der Waals surface area contributed by atoms with Gasteiger partial charge >= 0.3 is 0 Å². The topological polar surface area (TPSA) is 61.6 Å². The molecule has 0 aliphatic carbocycles. The Morgan fingerprint density at radius 3 is 2.76 bits per heavy atom. The lowest BCUT2D eigenvalue weighted by Crippen LogP contribution is -2.00. The summed E-state index contributed by atoms with van der Waals surface area (Å²) < 4.78 is 11.6. The van der Waals surface area contributed by atoms with Crippen LogP contribution in [-0.4, -0.2) is 12.0 Å². The molecule has 2 rings (SSSR count). The molecule has 0 radical (unpaired) electrons. The highest BCUT2D eigenvalue weighted by Crippen LogP contribution is 2.36. The molecule has 0 bridgehead atoms. The molecule has 0 heterocycles. The van der Waals surface area contributed by atoms with Gasteiger partial charge in [-0.1, -0.05) is 17.7 Å². The molecular weight excluding hydrogens is 362 g/mol. The Labute approximate surface area is 134 Å². The van der Waals surface area contributed by atoms with Gasteiger partial charge in [-0.3, -0.25) is 10.1 Å². The first-order chi connectivity index (χ1) is 10.0. The highest BCUT2D eigenvalue weighted by Gasteiger charge is 2.13. The summed E-state index contributed by atoms with van der Waals surface area (Å²) in [5, 5.41) is 11.2. The van der Waals surface area contributed by atoms with Crippen LogP contribution >= 0.6 is 27.5 Å². The van der Waals surface area contributed by atoms with Gasteiger partial charge in [0.25, 0.3) is 5.69 Å². The maximum absolute atomic E-state index is 10.8. The van der Waals surface area contributed by atoms with E-state index in [4.69, 9.17) is 21.1 Å². The monoisotopic (exact) mass is 371 g/mol. The van der Waals surface area contributed by atoms with Gasteiger partial charge in [0.2, 0.25) is 0 Å². The van der Waals surface area contributed by atoms with E-state index >= 15 is 0 Å². The van der Waals surface area contributed by atoms with Crippen molar-refractivity contribution in [3.63, 3.8) is 0 Å². The normalized spacial score (nSPS) is 10.2. The van der Waals surface area contributed by atoms with Crippen molar-refractivity contribution < 1.29 is 14.4 Å². The van der Waals surface area contributed by atoms with E-state index in [1.807, 2.05) is 12.1 Å². The van der Waals surface area contributed by atoms with Crippen LogP contribution in [0.2, 0.25) is 5.02 Å². The van der Waals surface area contributed by atoms with Gasteiger partial charge in [-0.25, -0.2) is 0 Å². The second-order valence-electron chi connectivity index (χ2n) is 4.09. The SMILES string of the molecule is COc1cccc(Br)c1OCc1cc([N+](=O)[O-])ccc1Cl. The van der Waals surface area contributed by atoms with Crippen molar-refractivity contribution in [2.45, 2.75) is 6.61 Å². The minimum Gasteiger partial charge on any atom is -0.493 e. The van der Waals surface area contributed by atoms with E-state index in [9.17, 15) is 10.1 Å². The molecule has 5 nitrogen and oxygen atoms in total. The number of methoxy groups -OCH3 is 1. The molecule has 0 fully saturated rings. The standard InChI is InChI=1S/C14H11BrClNO4/c1-20-13-4-2-3-11(15)14(13)21-8-9-7-10(17(18)19)5-6-12(9)16/h2-7H,8H2,1H3. The van der Waals surface area contributed by atoms with E-state index in [1.54, 1.807) is 6.07 Å². The maximum Gasteiger partial charge on any atom is 0.269 e. The minimum absolute atomic E-state index is 0.0305. The first-order valence-electron chi connectivity index (χ1n) is 5.91. The zero-order chi connectivity index (χ0) is 15.4. The average Bonchev–Trinajstić information content (AvgIpc) is 2.47. The number of ether oxygens (including phenoxy) is 2. The smallest absolute Gasteiger partial charge is 0.269 e. The molecule has 0 spiro atoms. The molecule has 0 saturated carbocycles. The van der Waals surface area contributed by atoms with Crippen molar-refractivity contribution in [2.24, 2.45) is 0 Å². The first kappa shape index (κ1) is 15.6. The van der Waals surface area contributed by atoms with Crippen LogP contribution in [0.25, 0.3) is 0 Å². The number of non-ortho nitro benzene ring substituents is 1. The summed E-state index contributed by atoms with van der Waals surface area (Å²) in [6.45, 7) is 0.0967. The molecule has 7 heteroatoms. The van der Waals surface area contributed by atoms with Gasteiger partial charge in [0.15, 0.2) is 11.5 Å². The second kappa shape index (κ2) is 6.78. The Morgan fingerprint density at radius 1 is 1.33 bits per heavy atom. The molecule has 0 atom stereocenters. The number of rotatable bonds is 5. The van der Waals surface area contributed by atoms with E-state index in [-0.39, 0.29) is 12.3 Å². The number of nitro groups is 1. The molecule has 0 aliphatic rings. The second-order valence-corrected chi connectivity index (χ2v) is 5.35. The molecule has 21 heavy (non-hydrogen) atoms. The highest BCUT2D eigenvalue weighted by atomic mass is 79.9. The largest absolute Gasteiger partial charge is 0.493 e. The summed E-state index contributed by atoms with van der Waals surface area (Å²) in [6.07, 6.45) is 0. The van der Waals surface area contributed by atoms with Gasteiger partial charge in [-0.15, -0.1) is 0 Å². The Balaban J connectivity index is 2.24. The van der Waals surface area contributed by atoms with Crippen LogP contribution in [0.5, 0.6) is 11.5 Å². The Morgan fingerprint density at radius 2 is 2.10 bits per heavy atom. The lowest BCUT2D eigenvalue weighted by Gasteiger charge is -2.12. The third-order valence-corrected chi connectivity index (χ3v) is 3.76. The number of para-hydroxylation sites is 1. The number of hydrogen-bond acceptors (Lipinski definition) is 4. The van der Waals surface area contributed by atoms with Gasteiger partial charge in [0.1, 0.15) is 6.61 Å². The Kier molecular flexibility index (Phi) is 5.03. The number of halogens is 2. The number of hydrogen-bond donors (Lipinski definition) is 0. The van der Waals surface area contributed by atoms with E-state index in [1.165, 1.54) is 25.3 Å². The van der Waals surface area contributed by atoms with Crippen LogP contribution < -0.4 is 9.47 Å². The van der Waals surface area contributed by atoms with Gasteiger partial charge in [0.05, 0.1) is 16.5 Å². The third-order valence-electron chi connectivity index (χ3n) is 2.76. The zero-order valence-corrected chi connectivity index (χ0v) is 13.3. The van der Waals surface area contributed by atoms with Crippen LogP contribution in [0.4, 0.5) is 5.69 Å². The molecule has 2 aromatic carbocycles. The van der Waals surface area contributed by atoms with Crippen LogP contribution in [0, 0.1) is 10.1 Å². The predicted octanol–water partition coefficient (Wildman–Crippen LogP) is 4.60. The summed E-state index contributed by atoms with van der Waals surface area (Å²) in [4.78, 5) is 10.3. The predicted molar refractivity (Wildman–Crippen MR) is 83.1 cm³/mol. The fraction of sp³-hybridized carbons (Fsp3) is 0.143. The molecule has 110 valence electrons. The van der Waals surface area contributed by atoms with Crippen molar-refractivity contribution in [1.29, 1.82) is 0 Å². The molecule has 0 aliphatic heterocycles. The number of benzene rings is 2. The molecule has 0 aromatic heterocycles. The lowest BCUT2D eigenvalue weighted by atomic mass is 10.2. The van der Waals surface area contributed by atoms with Crippen LogP contribution in [-0.2, 0) is 6.61 Å². The van der Waals surface area contributed by atoms with Crippen molar-refractivity contribution in [3.05, 3.63) is 61.6 Å².